The molecule has 2 aliphatic rings. The Hall–Kier alpha value is -6.59. The predicted molar refractivity (Wildman–Crippen MR) is 235 cm³/mol. The molecule has 5 aromatic rings. The van der Waals surface area contributed by atoms with Gasteiger partial charge < -0.3 is 46.8 Å². The third-order valence-corrected chi connectivity index (χ3v) is 10.6. The van der Waals surface area contributed by atoms with Gasteiger partial charge in [-0.05, 0) is 112 Å². The summed E-state index contributed by atoms with van der Waals surface area (Å²) in [4.78, 5) is 30.6. The molecule has 316 valence electrons. The van der Waals surface area contributed by atoms with E-state index in [1.165, 1.54) is 0 Å². The lowest BCUT2D eigenvalue weighted by Crippen LogP contribution is -3.00. The summed E-state index contributed by atoms with van der Waals surface area (Å²) in [6.45, 7) is 10.8. The third kappa shape index (κ3) is 9.74. The number of fused-ring (bicyclic) bond motifs is 2. The molecule has 11 nitrogen and oxygen atoms in total. The van der Waals surface area contributed by atoms with E-state index in [1.54, 1.807) is 14.2 Å². The lowest BCUT2D eigenvalue weighted by molar-refractivity contribution is -0.496. The smallest absolute Gasteiger partial charge is 0.251 e. The van der Waals surface area contributed by atoms with Gasteiger partial charge in [0.05, 0.1) is 32.3 Å². The van der Waals surface area contributed by atoms with Gasteiger partial charge in [0.15, 0.2) is 5.76 Å². The van der Waals surface area contributed by atoms with Gasteiger partial charge in [0.2, 0.25) is 11.3 Å². The molecular weight excluding hydrogens is 790 g/mol. The molecular formula is C49H52ClN5O6. The number of anilines is 1. The Kier molecular flexibility index (Phi) is 14.5. The molecule has 61 heavy (non-hydrogen) atoms. The first-order chi connectivity index (χ1) is 29.2. The van der Waals surface area contributed by atoms with Crippen LogP contribution in [0.25, 0.3) is 55.8 Å². The van der Waals surface area contributed by atoms with Gasteiger partial charge >= 0.3 is 0 Å². The largest absolute Gasteiger partial charge is 1.00 e. The summed E-state index contributed by atoms with van der Waals surface area (Å²) in [5.41, 5.74) is 10.3. The fourth-order valence-electron chi connectivity index (χ4n) is 7.58. The molecule has 1 aliphatic heterocycles. The second-order valence-corrected chi connectivity index (χ2v) is 14.7. The Bertz CT molecular complexity index is 2670. The lowest BCUT2D eigenvalue weighted by atomic mass is 9.89. The van der Waals surface area contributed by atoms with Crippen LogP contribution in [0.5, 0.6) is 11.5 Å². The van der Waals surface area contributed by atoms with E-state index >= 15 is 0 Å². The number of aromatic nitrogens is 1. The molecule has 1 aromatic heterocycles. The van der Waals surface area contributed by atoms with E-state index in [0.717, 1.165) is 96.9 Å². The summed E-state index contributed by atoms with van der Waals surface area (Å²) in [5, 5.41) is 15.9. The van der Waals surface area contributed by atoms with Crippen LogP contribution in [-0.2, 0) is 11.2 Å². The van der Waals surface area contributed by atoms with Crippen LogP contribution in [0.1, 0.15) is 53.9 Å². The minimum Gasteiger partial charge on any atom is -1.00 e. The van der Waals surface area contributed by atoms with E-state index in [2.05, 4.69) is 78.1 Å². The van der Waals surface area contributed by atoms with E-state index in [1.807, 2.05) is 72.8 Å². The molecule has 0 bridgehead atoms. The number of benzene rings is 5. The van der Waals surface area contributed by atoms with E-state index in [-0.39, 0.29) is 30.6 Å². The van der Waals surface area contributed by atoms with Gasteiger partial charge in [0, 0.05) is 64.6 Å². The fraction of sp³-hybridized carbons (Fsp3) is 0.265. The van der Waals surface area contributed by atoms with Crippen LogP contribution in [0.3, 0.4) is 0 Å². The van der Waals surface area contributed by atoms with Crippen LogP contribution in [0.15, 0.2) is 106 Å². The van der Waals surface area contributed by atoms with Crippen molar-refractivity contribution in [2.45, 2.75) is 47.0 Å². The number of ether oxygens (including phenoxy) is 2. The standard InChI is InChI=1S/C49H51N5O6.ClH/c1-7-50-40-27-42-38(25-30(40)3)47(39-26-31(4)41(51-8-2)28-43(39)59-42)36-13-9-10-14-37(36)49(56)53-24-12-11-23-52-45(55)29-44-46(32-15-19-34(57-5)20-16-32)48(54-60-44)33-17-21-35(58-6)22-18-33;/h9-10,13-22,25-28,50H,7-8,11-12,23-24,29H2,1-6H3,(H,52,55)(H,53,56);1H. The number of nitrogens with one attached hydrogen (secondary N) is 4. The lowest BCUT2D eigenvalue weighted by Gasteiger charge is -2.19. The Morgan fingerprint density at radius 3 is 2.10 bits per heavy atom. The first-order valence-electron chi connectivity index (χ1n) is 20.5. The fourth-order valence-corrected chi connectivity index (χ4v) is 7.58. The van der Waals surface area contributed by atoms with Gasteiger partial charge in [-0.1, -0.05) is 35.5 Å². The highest BCUT2D eigenvalue weighted by atomic mass is 35.5. The average Bonchev–Trinajstić information content (AvgIpc) is 3.68. The van der Waals surface area contributed by atoms with Gasteiger partial charge in [-0.3, -0.25) is 9.59 Å². The average molecular weight is 842 g/mol. The summed E-state index contributed by atoms with van der Waals surface area (Å²) in [5.74, 6) is 2.30. The van der Waals surface area contributed by atoms with Gasteiger partial charge in [-0.2, -0.15) is 0 Å². The first-order valence-corrected chi connectivity index (χ1v) is 20.5. The van der Waals surface area contributed by atoms with Crippen molar-refractivity contribution in [2.75, 3.05) is 45.7 Å². The van der Waals surface area contributed by atoms with Crippen LogP contribution in [-0.4, -0.2) is 57.4 Å². The number of unbranched alkanes of at least 4 members (excludes halogenated alkanes) is 1. The highest BCUT2D eigenvalue weighted by Crippen LogP contribution is 2.43. The Morgan fingerprint density at radius 1 is 0.754 bits per heavy atom. The van der Waals surface area contributed by atoms with Crippen molar-refractivity contribution in [3.8, 4) is 56.3 Å². The zero-order chi connectivity index (χ0) is 42.2. The van der Waals surface area contributed by atoms with Crippen molar-refractivity contribution < 1.29 is 45.4 Å². The molecule has 7 rings (SSSR count). The van der Waals surface area contributed by atoms with Gasteiger partial charge in [-0.15, -0.1) is 0 Å². The molecule has 0 atom stereocenters. The monoisotopic (exact) mass is 841 g/mol. The van der Waals surface area contributed by atoms with Crippen LogP contribution < -0.4 is 48.2 Å². The second kappa shape index (κ2) is 20.1. The molecule has 0 fully saturated rings. The minimum absolute atomic E-state index is 0. The highest BCUT2D eigenvalue weighted by Gasteiger charge is 2.24. The molecule has 1 aliphatic carbocycles. The van der Waals surface area contributed by atoms with Crippen LogP contribution in [0.2, 0.25) is 0 Å². The zero-order valence-corrected chi connectivity index (χ0v) is 36.2. The zero-order valence-electron chi connectivity index (χ0n) is 35.5. The summed E-state index contributed by atoms with van der Waals surface area (Å²) in [6, 6.07) is 31.3. The van der Waals surface area contributed by atoms with Crippen molar-refractivity contribution in [1.82, 2.24) is 15.8 Å². The Labute approximate surface area is 362 Å². The van der Waals surface area contributed by atoms with E-state index < -0.39 is 0 Å². The molecule has 0 unspecified atom stereocenters. The Balaban J connectivity index is 0.00000622. The molecule has 4 aromatic carbocycles. The molecule has 0 radical (unpaired) electrons. The van der Waals surface area contributed by atoms with Gasteiger partial charge in [-0.25, -0.2) is 4.99 Å². The van der Waals surface area contributed by atoms with Crippen molar-refractivity contribution in [3.05, 3.63) is 125 Å². The van der Waals surface area contributed by atoms with Gasteiger partial charge in [0.1, 0.15) is 35.1 Å². The number of methoxy groups -OCH3 is 2. The number of aryl methyl sites for hydroxylation is 2. The highest BCUT2D eigenvalue weighted by molar-refractivity contribution is 6.09. The molecule has 2 amide bonds. The first kappa shape index (κ1) is 44.0. The molecule has 0 spiro atoms. The number of carbonyl (C=O) groups is 2. The number of rotatable bonds is 16. The number of hydrogen-bond donors (Lipinski definition) is 4. The SMILES string of the molecule is CCNc1cc2oc3cc(=[NH+]CC)c(C)cc-3c(-c3ccccc3C(=O)NCCCCNC(=O)Cc3onc(-c4ccc(OC)cc4)c3-c3ccc(OC)cc3)c2cc1C.[Cl-]. The van der Waals surface area contributed by atoms with Gasteiger partial charge in [0.25, 0.3) is 5.91 Å². The van der Waals surface area contributed by atoms with Crippen LogP contribution in [0, 0.1) is 13.8 Å². The van der Waals surface area contributed by atoms with Crippen molar-refractivity contribution in [1.29, 1.82) is 0 Å². The van der Waals surface area contributed by atoms with E-state index in [0.29, 0.717) is 42.9 Å². The van der Waals surface area contributed by atoms with E-state index in [9.17, 15) is 9.59 Å². The van der Waals surface area contributed by atoms with E-state index in [4.69, 9.17) is 18.4 Å². The second-order valence-electron chi connectivity index (χ2n) is 14.7. The molecule has 0 saturated carbocycles. The summed E-state index contributed by atoms with van der Waals surface area (Å²) < 4.78 is 23.1. The number of carbonyl (C=O) groups excluding carboxylic acids is 2. The maximum atomic E-state index is 13.9. The third-order valence-electron chi connectivity index (χ3n) is 10.6. The van der Waals surface area contributed by atoms with Crippen molar-refractivity contribution in [3.63, 3.8) is 0 Å². The molecule has 2 heterocycles. The van der Waals surface area contributed by atoms with Crippen molar-refractivity contribution >= 4 is 28.5 Å². The van der Waals surface area contributed by atoms with Crippen LogP contribution >= 0.6 is 0 Å². The number of amides is 2. The molecule has 0 saturated heterocycles. The van der Waals surface area contributed by atoms with Crippen molar-refractivity contribution in [2.24, 2.45) is 0 Å². The summed E-state index contributed by atoms with van der Waals surface area (Å²) in [7, 11) is 3.24. The number of hydrogen-bond acceptors (Lipinski definition) is 8. The topological polar surface area (TPSA) is 142 Å². The number of nitrogens with zero attached hydrogens (tertiary/aromatic N) is 1. The summed E-state index contributed by atoms with van der Waals surface area (Å²) in [6.07, 6.45) is 1.35. The summed E-state index contributed by atoms with van der Waals surface area (Å²) >= 11 is 0. The maximum absolute atomic E-state index is 13.9. The van der Waals surface area contributed by atoms with Crippen LogP contribution in [0.4, 0.5) is 5.69 Å². The molecule has 4 N–H and O–H groups in total. The number of halogens is 1. The Morgan fingerprint density at radius 2 is 1.43 bits per heavy atom. The quantitative estimate of drug-likeness (QED) is 0.0826. The maximum Gasteiger partial charge on any atom is 0.251 e. The normalized spacial score (nSPS) is 11.3. The minimum atomic E-state index is -0.185. The predicted octanol–water partition coefficient (Wildman–Crippen LogP) is 4.47. The molecule has 12 heteroatoms.